The molecule has 0 spiro atoms. The Morgan fingerprint density at radius 3 is 2.47 bits per heavy atom. The Morgan fingerprint density at radius 2 is 1.95 bits per heavy atom. The van der Waals surface area contributed by atoms with E-state index in [0.717, 1.165) is 23.8 Å². The van der Waals surface area contributed by atoms with E-state index in [-0.39, 0.29) is 11.7 Å². The molecule has 2 aromatic rings. The second-order valence-corrected chi connectivity index (χ2v) is 11.5. The van der Waals surface area contributed by atoms with Crippen LogP contribution in [0.3, 0.4) is 0 Å². The summed E-state index contributed by atoms with van der Waals surface area (Å²) in [5.41, 5.74) is 0.598. The molecular weight excluding hydrogens is 508 g/mol. The predicted molar refractivity (Wildman–Crippen MR) is 153 cm³/mol. The molecule has 1 aromatic heterocycles. The molecule has 0 saturated carbocycles. The number of nitrogens with one attached hydrogen (secondary N) is 1. The zero-order valence-corrected chi connectivity index (χ0v) is 24.9. The van der Waals surface area contributed by atoms with Gasteiger partial charge in [0.05, 0.1) is 11.0 Å². The second kappa shape index (κ2) is 15.9. The van der Waals surface area contributed by atoms with E-state index in [1.165, 1.54) is 17.4 Å². The van der Waals surface area contributed by atoms with Crippen molar-refractivity contribution in [3.8, 4) is 16.3 Å². The number of hydrogen-bond donors (Lipinski definition) is 2. The third kappa shape index (κ3) is 10.1. The standard InChI is InChI=1S/C23H29F2N3O3S.C4H10.C2H6/c1-4-7-23(21(29)30)9-14(2)11-28(13-23)12-17-10-27-20(32-17)18-8-16(15(3)26)5-6-19(18)31-22(24)25;1-4(2)3;1-2/h5-6,8,10,14,22,26H,4,7,9,11-13H2,1-3H3,(H,29,30);4H,1-3H3;1-2H3/t14?,23-;;/m1../s1. The van der Waals surface area contributed by atoms with Crippen LogP contribution >= 0.6 is 11.3 Å². The molecule has 6 nitrogen and oxygen atoms in total. The van der Waals surface area contributed by atoms with Crippen LogP contribution in [0.1, 0.15) is 85.1 Å². The van der Waals surface area contributed by atoms with Gasteiger partial charge in [0.2, 0.25) is 0 Å². The molecule has 38 heavy (non-hydrogen) atoms. The number of alkyl halides is 2. The van der Waals surface area contributed by atoms with Crippen molar-refractivity contribution in [3.63, 3.8) is 0 Å². The Balaban J connectivity index is 0.00000110. The number of ether oxygens (including phenoxy) is 1. The molecule has 0 amide bonds. The molecule has 0 bridgehead atoms. The maximum atomic E-state index is 12.9. The first-order chi connectivity index (χ1) is 17.9. The molecule has 1 aliphatic rings. The van der Waals surface area contributed by atoms with E-state index >= 15 is 0 Å². The fourth-order valence-corrected chi connectivity index (χ4v) is 5.60. The lowest BCUT2D eigenvalue weighted by Gasteiger charge is -2.42. The summed E-state index contributed by atoms with van der Waals surface area (Å²) in [7, 11) is 0. The van der Waals surface area contributed by atoms with Crippen molar-refractivity contribution < 1.29 is 23.4 Å². The zero-order chi connectivity index (χ0) is 29.0. The first kappa shape index (κ1) is 33.6. The highest BCUT2D eigenvalue weighted by Gasteiger charge is 2.43. The normalized spacial score (nSPS) is 19.3. The summed E-state index contributed by atoms with van der Waals surface area (Å²) < 4.78 is 30.5. The number of benzene rings is 1. The lowest BCUT2D eigenvalue weighted by molar-refractivity contribution is -0.155. The molecule has 0 aliphatic carbocycles. The third-order valence-electron chi connectivity index (χ3n) is 5.81. The third-order valence-corrected chi connectivity index (χ3v) is 6.82. The van der Waals surface area contributed by atoms with Gasteiger partial charge in [-0.25, -0.2) is 4.98 Å². The van der Waals surface area contributed by atoms with Gasteiger partial charge >= 0.3 is 12.6 Å². The predicted octanol–water partition coefficient (Wildman–Crippen LogP) is 8.20. The van der Waals surface area contributed by atoms with Gasteiger partial charge in [0, 0.05) is 36.4 Å². The molecule has 214 valence electrons. The van der Waals surface area contributed by atoms with Crippen molar-refractivity contribution in [1.82, 2.24) is 9.88 Å². The summed E-state index contributed by atoms with van der Waals surface area (Å²) >= 11 is 1.37. The van der Waals surface area contributed by atoms with Gasteiger partial charge in [-0.1, -0.05) is 54.9 Å². The van der Waals surface area contributed by atoms with Crippen LogP contribution in [-0.2, 0) is 11.3 Å². The molecule has 3 rings (SSSR count). The highest BCUT2D eigenvalue weighted by Crippen LogP contribution is 2.39. The fourth-order valence-electron chi connectivity index (χ4n) is 4.63. The number of rotatable bonds is 9. The van der Waals surface area contributed by atoms with E-state index in [9.17, 15) is 18.7 Å². The summed E-state index contributed by atoms with van der Waals surface area (Å²) in [5.74, 6) is 0.371. The number of nitrogens with zero attached hydrogens (tertiary/aromatic N) is 2. The number of aromatic nitrogens is 1. The molecule has 1 unspecified atom stereocenters. The van der Waals surface area contributed by atoms with Gasteiger partial charge in [0.25, 0.3) is 0 Å². The topological polar surface area (TPSA) is 86.5 Å². The quantitative estimate of drug-likeness (QED) is 0.306. The van der Waals surface area contributed by atoms with Crippen LogP contribution in [0, 0.1) is 22.7 Å². The molecule has 1 fully saturated rings. The van der Waals surface area contributed by atoms with Gasteiger partial charge in [-0.2, -0.15) is 8.78 Å². The van der Waals surface area contributed by atoms with Crippen LogP contribution in [-0.4, -0.2) is 46.4 Å². The molecule has 0 radical (unpaired) electrons. The van der Waals surface area contributed by atoms with E-state index in [2.05, 4.69) is 42.3 Å². The first-order valence-corrected chi connectivity index (χ1v) is 14.2. The molecular formula is C29H45F2N3O3S. The van der Waals surface area contributed by atoms with Gasteiger partial charge < -0.3 is 15.3 Å². The number of halogens is 2. The Bertz CT molecular complexity index is 1030. The number of carboxylic acid groups (broad SMARTS) is 1. The summed E-state index contributed by atoms with van der Waals surface area (Å²) in [6.45, 7) is 15.1. The van der Waals surface area contributed by atoms with Gasteiger partial charge in [-0.3, -0.25) is 9.69 Å². The van der Waals surface area contributed by atoms with Crippen molar-refractivity contribution in [1.29, 1.82) is 5.41 Å². The highest BCUT2D eigenvalue weighted by atomic mass is 32.1. The average molecular weight is 554 g/mol. The Hall–Kier alpha value is -2.39. The fraction of sp³-hybridized carbons (Fsp3) is 0.621. The van der Waals surface area contributed by atoms with Gasteiger partial charge in [0.15, 0.2) is 0 Å². The molecule has 2 heterocycles. The monoisotopic (exact) mass is 553 g/mol. The van der Waals surface area contributed by atoms with E-state index in [0.29, 0.717) is 47.8 Å². The largest absolute Gasteiger partial charge is 0.481 e. The lowest BCUT2D eigenvalue weighted by atomic mass is 9.73. The molecule has 1 saturated heterocycles. The van der Waals surface area contributed by atoms with Crippen molar-refractivity contribution >= 4 is 23.0 Å². The van der Waals surface area contributed by atoms with E-state index in [4.69, 9.17) is 5.41 Å². The maximum Gasteiger partial charge on any atom is 0.387 e. The number of aliphatic carboxylic acids is 1. The number of carboxylic acids is 1. The Labute approximate surface area is 230 Å². The van der Waals surface area contributed by atoms with Gasteiger partial charge in [-0.15, -0.1) is 11.3 Å². The zero-order valence-electron chi connectivity index (χ0n) is 24.1. The van der Waals surface area contributed by atoms with Crippen molar-refractivity contribution in [2.75, 3.05) is 13.1 Å². The van der Waals surface area contributed by atoms with E-state index in [1.807, 2.05) is 20.8 Å². The van der Waals surface area contributed by atoms with Crippen LogP contribution in [0.5, 0.6) is 5.75 Å². The number of likely N-dealkylation sites (tertiary alicyclic amines) is 1. The lowest BCUT2D eigenvalue weighted by Crippen LogP contribution is -2.50. The Morgan fingerprint density at radius 1 is 1.32 bits per heavy atom. The number of piperidine rings is 1. The summed E-state index contributed by atoms with van der Waals surface area (Å²) in [4.78, 5) is 19.6. The smallest absolute Gasteiger partial charge is 0.387 e. The van der Waals surface area contributed by atoms with Crippen molar-refractivity contribution in [2.24, 2.45) is 17.3 Å². The molecule has 2 N–H and O–H groups in total. The molecule has 2 atom stereocenters. The van der Waals surface area contributed by atoms with Crippen LogP contribution in [0.15, 0.2) is 24.4 Å². The van der Waals surface area contributed by atoms with Crippen LogP contribution < -0.4 is 4.74 Å². The van der Waals surface area contributed by atoms with Gasteiger partial charge in [0.1, 0.15) is 10.8 Å². The molecule has 1 aromatic carbocycles. The number of thiazole rings is 1. The summed E-state index contributed by atoms with van der Waals surface area (Å²) in [5, 5.41) is 18.3. The average Bonchev–Trinajstić information content (AvgIpc) is 3.27. The SMILES string of the molecule is CC.CC(C)C.CCC[C@@]1(C(=O)O)CC(C)CN(Cc2cnc(-c3cc(C(C)=N)ccc3OC(F)F)s2)C1. The second-order valence-electron chi connectivity index (χ2n) is 10.4. The van der Waals surface area contributed by atoms with Crippen molar-refractivity contribution in [3.05, 3.63) is 34.8 Å². The van der Waals surface area contributed by atoms with Crippen LogP contribution in [0.4, 0.5) is 8.78 Å². The minimum absolute atomic E-state index is 0.0188. The van der Waals surface area contributed by atoms with Crippen LogP contribution in [0.25, 0.3) is 10.6 Å². The number of carbonyl (C=O) groups is 1. The first-order valence-electron chi connectivity index (χ1n) is 13.4. The van der Waals surface area contributed by atoms with E-state index < -0.39 is 18.0 Å². The minimum Gasteiger partial charge on any atom is -0.481 e. The summed E-state index contributed by atoms with van der Waals surface area (Å²) in [6, 6.07) is 4.66. The molecule has 9 heteroatoms. The minimum atomic E-state index is -2.96. The summed E-state index contributed by atoms with van der Waals surface area (Å²) in [6.07, 6.45) is 3.83. The van der Waals surface area contributed by atoms with Gasteiger partial charge in [-0.05, 0) is 55.4 Å². The number of hydrogen-bond acceptors (Lipinski definition) is 6. The molecule has 1 aliphatic heterocycles. The Kier molecular flexibility index (Phi) is 14.1. The van der Waals surface area contributed by atoms with Crippen molar-refractivity contribution in [2.45, 2.75) is 87.8 Å². The van der Waals surface area contributed by atoms with Crippen LogP contribution in [0.2, 0.25) is 0 Å². The van der Waals surface area contributed by atoms with E-state index in [1.54, 1.807) is 25.3 Å². The highest BCUT2D eigenvalue weighted by molar-refractivity contribution is 7.15. The maximum absolute atomic E-state index is 12.9.